The highest BCUT2D eigenvalue weighted by Crippen LogP contribution is 2.38. The molecular weight excluding hydrogens is 614 g/mol. The lowest BCUT2D eigenvalue weighted by Gasteiger charge is -2.35. The molecule has 0 aromatic rings. The normalized spacial score (nSPS) is 21.8. The summed E-state index contributed by atoms with van der Waals surface area (Å²) in [6.07, 6.45) is 14.2. The predicted molar refractivity (Wildman–Crippen MR) is 180 cm³/mol. The van der Waals surface area contributed by atoms with Gasteiger partial charge in [-0.25, -0.2) is 9.59 Å². The number of carbonyl (C=O) groups is 6. The van der Waals surface area contributed by atoms with Crippen molar-refractivity contribution in [2.75, 3.05) is 6.54 Å². The van der Waals surface area contributed by atoms with Gasteiger partial charge in [0.2, 0.25) is 17.6 Å². The van der Waals surface area contributed by atoms with Crippen molar-refractivity contribution in [3.63, 3.8) is 0 Å². The van der Waals surface area contributed by atoms with Crippen molar-refractivity contribution in [1.29, 1.82) is 0 Å². The second kappa shape index (κ2) is 15.1. The average molecular weight is 668 g/mol. The lowest BCUT2D eigenvalue weighted by atomic mass is 9.80. The minimum Gasteiger partial charge on any atom is -0.458 e. The molecular formula is C36H53N5O7. The highest BCUT2D eigenvalue weighted by molar-refractivity contribution is 6.37. The fraction of sp³-hybridized carbons (Fsp3) is 0.667. The number of rotatable bonds is 11. The molecule has 1 aliphatic heterocycles. The molecule has 0 spiro atoms. The van der Waals surface area contributed by atoms with E-state index < -0.39 is 70.7 Å². The van der Waals surface area contributed by atoms with Crippen LogP contribution >= 0.6 is 0 Å². The summed E-state index contributed by atoms with van der Waals surface area (Å²) in [5.41, 5.74) is 6.03. The minimum absolute atomic E-state index is 0.220. The number of hydrogen-bond donors (Lipinski definition) is 4. The Morgan fingerprint density at radius 3 is 2.04 bits per heavy atom. The minimum atomic E-state index is -1.11. The van der Waals surface area contributed by atoms with E-state index in [0.29, 0.717) is 32.1 Å². The van der Waals surface area contributed by atoms with E-state index in [1.165, 1.54) is 4.90 Å². The van der Waals surface area contributed by atoms with Gasteiger partial charge in [-0.2, -0.15) is 0 Å². The van der Waals surface area contributed by atoms with Gasteiger partial charge >= 0.3 is 12.0 Å². The number of amides is 5. The molecule has 0 aromatic heterocycles. The first-order valence-corrected chi connectivity index (χ1v) is 17.2. The van der Waals surface area contributed by atoms with Gasteiger partial charge in [-0.05, 0) is 87.7 Å². The quantitative estimate of drug-likeness (QED) is 0.193. The molecule has 0 bridgehead atoms. The summed E-state index contributed by atoms with van der Waals surface area (Å²) in [6, 6.07) is -4.64. The number of urea groups is 1. The molecule has 5 N–H and O–H groups in total. The van der Waals surface area contributed by atoms with E-state index in [2.05, 4.69) is 40.3 Å². The average Bonchev–Trinajstić information content (AvgIpc) is 3.55. The maximum absolute atomic E-state index is 14.4. The molecule has 4 aliphatic rings. The van der Waals surface area contributed by atoms with Crippen LogP contribution in [0.15, 0.2) is 35.5 Å². The predicted octanol–water partition coefficient (Wildman–Crippen LogP) is 3.35. The second-order valence-corrected chi connectivity index (χ2v) is 15.7. The van der Waals surface area contributed by atoms with Crippen molar-refractivity contribution in [1.82, 2.24) is 20.9 Å². The van der Waals surface area contributed by atoms with Gasteiger partial charge in [-0.3, -0.25) is 19.2 Å². The van der Waals surface area contributed by atoms with Crippen molar-refractivity contribution in [3.8, 4) is 0 Å². The van der Waals surface area contributed by atoms with Crippen molar-refractivity contribution in [2.24, 2.45) is 23.0 Å². The number of hydrogen-bond acceptors (Lipinski definition) is 7. The van der Waals surface area contributed by atoms with Gasteiger partial charge in [0.25, 0.3) is 5.91 Å². The molecule has 2 fully saturated rings. The molecule has 1 saturated carbocycles. The number of carbonyl (C=O) groups excluding carboxylic acids is 6. The number of ether oxygens (including phenoxy) is 1. The Bertz CT molecular complexity index is 1360. The molecule has 0 radical (unpaired) electrons. The van der Waals surface area contributed by atoms with Gasteiger partial charge in [0, 0.05) is 6.54 Å². The Kier molecular flexibility index (Phi) is 11.6. The Morgan fingerprint density at radius 2 is 1.52 bits per heavy atom. The Labute approximate surface area is 283 Å². The van der Waals surface area contributed by atoms with Gasteiger partial charge in [-0.1, -0.05) is 64.3 Å². The fourth-order valence-electron chi connectivity index (χ4n) is 6.88. The molecule has 12 heteroatoms. The number of nitrogens with one attached hydrogen (secondary N) is 3. The zero-order valence-electron chi connectivity index (χ0n) is 29.2. The summed E-state index contributed by atoms with van der Waals surface area (Å²) < 4.78 is 5.60. The number of allylic oxidation sites excluding steroid dienone is 6. The number of primary amides is 1. The van der Waals surface area contributed by atoms with E-state index in [1.807, 2.05) is 20.8 Å². The SMILES string of the molecule is CC(C)(C)OC(=O)C(NC(=O)NC(C(=O)N1CCCC1C(=O)NC(CC1CCC1)C(=O)C(N)=O)C1CC2=C(C=CCC=C2)C1)C(C)(C)C. The van der Waals surface area contributed by atoms with Crippen LogP contribution in [-0.2, 0) is 28.7 Å². The van der Waals surface area contributed by atoms with Crippen LogP contribution in [0.4, 0.5) is 4.79 Å². The van der Waals surface area contributed by atoms with Crippen LogP contribution in [0.25, 0.3) is 0 Å². The molecule has 4 unspecified atom stereocenters. The molecule has 5 amide bonds. The third-order valence-corrected chi connectivity index (χ3v) is 9.60. The maximum Gasteiger partial charge on any atom is 0.329 e. The summed E-state index contributed by atoms with van der Waals surface area (Å²) >= 11 is 0. The Hall–Kier alpha value is -3.96. The van der Waals surface area contributed by atoms with Crippen molar-refractivity contribution < 1.29 is 33.5 Å². The molecule has 264 valence electrons. The van der Waals surface area contributed by atoms with Gasteiger partial charge in [0.15, 0.2) is 0 Å². The highest BCUT2D eigenvalue weighted by atomic mass is 16.6. The second-order valence-electron chi connectivity index (χ2n) is 15.7. The number of ketones is 1. The van der Waals surface area contributed by atoms with Crippen LogP contribution in [0.3, 0.4) is 0 Å². The molecule has 1 saturated heterocycles. The molecule has 48 heavy (non-hydrogen) atoms. The molecule has 0 aromatic carbocycles. The Morgan fingerprint density at radius 1 is 0.896 bits per heavy atom. The smallest absolute Gasteiger partial charge is 0.329 e. The number of Topliss-reactive ketones (excluding diaryl/α,β-unsaturated/α-hetero) is 1. The molecule has 4 rings (SSSR count). The van der Waals surface area contributed by atoms with E-state index >= 15 is 0 Å². The number of esters is 1. The van der Waals surface area contributed by atoms with E-state index in [4.69, 9.17) is 10.5 Å². The maximum atomic E-state index is 14.4. The molecule has 3 aliphatic carbocycles. The topological polar surface area (TPSA) is 177 Å². The lowest BCUT2D eigenvalue weighted by Crippen LogP contribution is -2.60. The molecule has 4 atom stereocenters. The van der Waals surface area contributed by atoms with Crippen molar-refractivity contribution in [3.05, 3.63) is 35.5 Å². The largest absolute Gasteiger partial charge is 0.458 e. The van der Waals surface area contributed by atoms with Gasteiger partial charge < -0.3 is 31.3 Å². The van der Waals surface area contributed by atoms with Crippen LogP contribution in [0.5, 0.6) is 0 Å². The van der Waals surface area contributed by atoms with Crippen molar-refractivity contribution in [2.45, 2.75) is 129 Å². The van der Waals surface area contributed by atoms with E-state index in [9.17, 15) is 28.8 Å². The lowest BCUT2D eigenvalue weighted by molar-refractivity contribution is -0.160. The highest BCUT2D eigenvalue weighted by Gasteiger charge is 2.44. The van der Waals surface area contributed by atoms with Crippen molar-refractivity contribution >= 4 is 35.5 Å². The summed E-state index contributed by atoms with van der Waals surface area (Å²) in [4.78, 5) is 80.8. The number of likely N-dealkylation sites (tertiary alicyclic amines) is 1. The van der Waals surface area contributed by atoms with Gasteiger partial charge in [0.1, 0.15) is 23.7 Å². The van der Waals surface area contributed by atoms with Crippen LogP contribution in [0.1, 0.15) is 99.3 Å². The summed E-state index contributed by atoms with van der Waals surface area (Å²) in [6.45, 7) is 11.0. The van der Waals surface area contributed by atoms with Crippen LogP contribution in [0, 0.1) is 17.3 Å². The van der Waals surface area contributed by atoms with Crippen LogP contribution < -0.4 is 21.7 Å². The third kappa shape index (κ3) is 9.35. The number of nitrogens with two attached hydrogens (primary N) is 1. The fourth-order valence-corrected chi connectivity index (χ4v) is 6.88. The van der Waals surface area contributed by atoms with E-state index in [0.717, 1.165) is 36.8 Å². The van der Waals surface area contributed by atoms with Gasteiger partial charge in [-0.15, -0.1) is 0 Å². The zero-order valence-corrected chi connectivity index (χ0v) is 29.2. The monoisotopic (exact) mass is 667 g/mol. The first-order chi connectivity index (χ1) is 22.4. The summed E-state index contributed by atoms with van der Waals surface area (Å²) in [5.74, 6) is -3.56. The third-order valence-electron chi connectivity index (χ3n) is 9.60. The van der Waals surface area contributed by atoms with Gasteiger partial charge in [0.05, 0.1) is 6.04 Å². The summed E-state index contributed by atoms with van der Waals surface area (Å²) in [7, 11) is 0. The van der Waals surface area contributed by atoms with E-state index in [1.54, 1.807) is 20.8 Å². The van der Waals surface area contributed by atoms with E-state index in [-0.39, 0.29) is 18.4 Å². The van der Waals surface area contributed by atoms with Crippen LogP contribution in [0.2, 0.25) is 0 Å². The summed E-state index contributed by atoms with van der Waals surface area (Å²) in [5, 5.41) is 8.39. The molecule has 1 heterocycles. The number of nitrogens with zero attached hydrogens (tertiary/aromatic N) is 1. The van der Waals surface area contributed by atoms with Crippen LogP contribution in [-0.4, -0.2) is 76.7 Å². The molecule has 12 nitrogen and oxygen atoms in total. The first-order valence-electron chi connectivity index (χ1n) is 17.2. The zero-order chi connectivity index (χ0) is 35.4. The first kappa shape index (κ1) is 36.9. The Balaban J connectivity index is 1.55. The standard InChI is InChI=1S/C36H53N5O7/c1-35(2,3)29(33(46)48-36(4,5)6)40-34(47)39-27(24-19-22-14-8-7-9-15-23(22)20-24)32(45)41-17-11-16-26(41)31(44)38-25(28(42)30(37)43)18-21-12-10-13-21/h8-9,14-15,21,24-27,29H,7,10-13,16-20H2,1-6H3,(H2,37,43)(H,38,44)(H2,39,40,47).